The molecule has 1 heterocycles. The molecule has 1 aromatic heterocycles. The third kappa shape index (κ3) is 2.45. The second kappa shape index (κ2) is 4.85. The van der Waals surface area contributed by atoms with Gasteiger partial charge >= 0.3 is 6.18 Å². The van der Waals surface area contributed by atoms with E-state index >= 15 is 0 Å². The standard InChI is InChI=1S/C13H16F3N3/c1-3-8(2)19-11-5-4-9(13(14,15)16)6-10(11)18-12(19)7-17/h4-6,8H,3,7,17H2,1-2H3. The fraction of sp³-hybridized carbons (Fsp3) is 0.462. The maximum absolute atomic E-state index is 12.7. The summed E-state index contributed by atoms with van der Waals surface area (Å²) in [7, 11) is 0. The fourth-order valence-corrected chi connectivity index (χ4v) is 2.14. The van der Waals surface area contributed by atoms with E-state index in [-0.39, 0.29) is 12.6 Å². The summed E-state index contributed by atoms with van der Waals surface area (Å²) in [5, 5.41) is 0. The van der Waals surface area contributed by atoms with Crippen LogP contribution in [0.15, 0.2) is 18.2 Å². The first-order chi connectivity index (χ1) is 8.88. The van der Waals surface area contributed by atoms with Crippen LogP contribution in [-0.4, -0.2) is 9.55 Å². The van der Waals surface area contributed by atoms with Crippen LogP contribution in [0.25, 0.3) is 11.0 Å². The number of aromatic nitrogens is 2. The van der Waals surface area contributed by atoms with Crippen molar-refractivity contribution >= 4 is 11.0 Å². The highest BCUT2D eigenvalue weighted by Gasteiger charge is 2.31. The average Bonchev–Trinajstić information content (AvgIpc) is 2.74. The Balaban J connectivity index is 2.64. The van der Waals surface area contributed by atoms with Crippen LogP contribution in [0.3, 0.4) is 0 Å². The molecule has 2 rings (SSSR count). The fourth-order valence-electron chi connectivity index (χ4n) is 2.14. The summed E-state index contributed by atoms with van der Waals surface area (Å²) in [4.78, 5) is 4.21. The van der Waals surface area contributed by atoms with Gasteiger partial charge in [0, 0.05) is 6.04 Å². The number of halogens is 3. The summed E-state index contributed by atoms with van der Waals surface area (Å²) in [5.74, 6) is 0.615. The van der Waals surface area contributed by atoms with Crippen molar-refractivity contribution < 1.29 is 13.2 Å². The Bertz CT molecular complexity index is 587. The van der Waals surface area contributed by atoms with Crippen molar-refractivity contribution in [3.05, 3.63) is 29.6 Å². The molecule has 0 aliphatic heterocycles. The van der Waals surface area contributed by atoms with Crippen LogP contribution in [0.4, 0.5) is 13.2 Å². The van der Waals surface area contributed by atoms with Gasteiger partial charge in [-0.25, -0.2) is 4.98 Å². The molecule has 0 spiro atoms. The molecule has 0 aliphatic rings. The second-order valence-corrected chi connectivity index (χ2v) is 4.56. The first-order valence-corrected chi connectivity index (χ1v) is 6.16. The molecule has 0 aliphatic carbocycles. The number of imidazole rings is 1. The van der Waals surface area contributed by atoms with Crippen LogP contribution in [0.5, 0.6) is 0 Å². The Morgan fingerprint density at radius 3 is 2.58 bits per heavy atom. The zero-order valence-electron chi connectivity index (χ0n) is 10.8. The van der Waals surface area contributed by atoms with Crippen molar-refractivity contribution in [2.24, 2.45) is 5.73 Å². The molecule has 19 heavy (non-hydrogen) atoms. The molecule has 0 amide bonds. The highest BCUT2D eigenvalue weighted by molar-refractivity contribution is 5.77. The Morgan fingerprint density at radius 1 is 1.37 bits per heavy atom. The number of alkyl halides is 3. The first-order valence-electron chi connectivity index (χ1n) is 6.16. The van der Waals surface area contributed by atoms with E-state index in [4.69, 9.17) is 5.73 Å². The lowest BCUT2D eigenvalue weighted by Crippen LogP contribution is -2.12. The number of hydrogen-bond acceptors (Lipinski definition) is 2. The third-order valence-electron chi connectivity index (χ3n) is 3.30. The van der Waals surface area contributed by atoms with E-state index in [9.17, 15) is 13.2 Å². The van der Waals surface area contributed by atoms with E-state index in [2.05, 4.69) is 4.98 Å². The smallest absolute Gasteiger partial charge is 0.324 e. The highest BCUT2D eigenvalue weighted by Crippen LogP contribution is 2.32. The lowest BCUT2D eigenvalue weighted by molar-refractivity contribution is -0.137. The number of hydrogen-bond donors (Lipinski definition) is 1. The molecule has 2 aromatic rings. The number of benzene rings is 1. The summed E-state index contributed by atoms with van der Waals surface area (Å²) >= 11 is 0. The molecule has 0 bridgehead atoms. The molecule has 3 nitrogen and oxygen atoms in total. The van der Waals surface area contributed by atoms with Crippen molar-refractivity contribution in [1.29, 1.82) is 0 Å². The Morgan fingerprint density at radius 2 is 2.05 bits per heavy atom. The monoisotopic (exact) mass is 271 g/mol. The van der Waals surface area contributed by atoms with Gasteiger partial charge in [0.15, 0.2) is 0 Å². The molecular weight excluding hydrogens is 255 g/mol. The normalized spacial score (nSPS) is 14.0. The van der Waals surface area contributed by atoms with Gasteiger partial charge in [-0.3, -0.25) is 0 Å². The Labute approximate surface area is 109 Å². The SMILES string of the molecule is CCC(C)n1c(CN)nc2cc(C(F)(F)F)ccc21. The minimum Gasteiger partial charge on any atom is -0.324 e. The van der Waals surface area contributed by atoms with Crippen LogP contribution in [0.2, 0.25) is 0 Å². The van der Waals surface area contributed by atoms with Gasteiger partial charge in [-0.15, -0.1) is 0 Å². The lowest BCUT2D eigenvalue weighted by atomic mass is 10.2. The predicted octanol–water partition coefficient (Wildman–Crippen LogP) is 3.48. The van der Waals surface area contributed by atoms with Crippen molar-refractivity contribution in [2.45, 2.75) is 39.0 Å². The van der Waals surface area contributed by atoms with Crippen LogP contribution >= 0.6 is 0 Å². The van der Waals surface area contributed by atoms with E-state index in [1.807, 2.05) is 18.4 Å². The van der Waals surface area contributed by atoms with Gasteiger partial charge < -0.3 is 10.3 Å². The summed E-state index contributed by atoms with van der Waals surface area (Å²) in [5.41, 5.74) is 5.98. The van der Waals surface area contributed by atoms with Gasteiger partial charge in [-0.1, -0.05) is 6.92 Å². The van der Waals surface area contributed by atoms with Gasteiger partial charge in [0.05, 0.1) is 23.1 Å². The van der Waals surface area contributed by atoms with Crippen molar-refractivity contribution in [1.82, 2.24) is 9.55 Å². The molecule has 1 atom stereocenters. The maximum Gasteiger partial charge on any atom is 0.416 e. The minimum atomic E-state index is -4.35. The summed E-state index contributed by atoms with van der Waals surface area (Å²) in [6, 6.07) is 3.79. The van der Waals surface area contributed by atoms with Crippen molar-refractivity contribution in [2.75, 3.05) is 0 Å². The van der Waals surface area contributed by atoms with Crippen LogP contribution in [0, 0.1) is 0 Å². The van der Waals surface area contributed by atoms with Crippen LogP contribution in [0.1, 0.15) is 37.7 Å². The van der Waals surface area contributed by atoms with Crippen molar-refractivity contribution in [3.8, 4) is 0 Å². The average molecular weight is 271 g/mol. The van der Waals surface area contributed by atoms with Crippen LogP contribution in [-0.2, 0) is 12.7 Å². The highest BCUT2D eigenvalue weighted by atomic mass is 19.4. The molecule has 0 saturated heterocycles. The predicted molar refractivity (Wildman–Crippen MR) is 67.6 cm³/mol. The van der Waals surface area contributed by atoms with Gasteiger partial charge in [0.2, 0.25) is 0 Å². The number of fused-ring (bicyclic) bond motifs is 1. The zero-order chi connectivity index (χ0) is 14.2. The van der Waals surface area contributed by atoms with Gasteiger partial charge in [-0.2, -0.15) is 13.2 Å². The topological polar surface area (TPSA) is 43.8 Å². The number of nitrogens with zero attached hydrogens (tertiary/aromatic N) is 2. The van der Waals surface area contributed by atoms with Crippen LogP contribution < -0.4 is 5.73 Å². The Hall–Kier alpha value is -1.56. The van der Waals surface area contributed by atoms with E-state index in [0.29, 0.717) is 16.9 Å². The number of nitrogens with two attached hydrogens (primary N) is 1. The minimum absolute atomic E-state index is 0.153. The molecule has 104 valence electrons. The lowest BCUT2D eigenvalue weighted by Gasteiger charge is -2.15. The van der Waals surface area contributed by atoms with Gasteiger partial charge in [-0.05, 0) is 31.5 Å². The second-order valence-electron chi connectivity index (χ2n) is 4.56. The molecule has 0 fully saturated rings. The molecule has 2 N–H and O–H groups in total. The first kappa shape index (κ1) is 13.9. The third-order valence-corrected chi connectivity index (χ3v) is 3.30. The van der Waals surface area contributed by atoms with E-state index in [1.165, 1.54) is 6.07 Å². The summed E-state index contributed by atoms with van der Waals surface area (Å²) < 4.78 is 39.9. The molecule has 6 heteroatoms. The maximum atomic E-state index is 12.7. The Kier molecular flexibility index (Phi) is 3.54. The molecule has 0 saturated carbocycles. The van der Waals surface area contributed by atoms with Gasteiger partial charge in [0.1, 0.15) is 5.82 Å². The molecule has 1 unspecified atom stereocenters. The molecule has 1 aromatic carbocycles. The zero-order valence-corrected chi connectivity index (χ0v) is 10.8. The molecule has 0 radical (unpaired) electrons. The summed E-state index contributed by atoms with van der Waals surface area (Å²) in [6.45, 7) is 4.22. The van der Waals surface area contributed by atoms with Crippen molar-refractivity contribution in [3.63, 3.8) is 0 Å². The van der Waals surface area contributed by atoms with Gasteiger partial charge in [0.25, 0.3) is 0 Å². The quantitative estimate of drug-likeness (QED) is 0.928. The van der Waals surface area contributed by atoms with E-state index in [1.54, 1.807) is 0 Å². The number of rotatable bonds is 3. The summed E-state index contributed by atoms with van der Waals surface area (Å²) in [6.07, 6.45) is -3.49. The largest absolute Gasteiger partial charge is 0.416 e. The molecular formula is C13H16F3N3. The van der Waals surface area contributed by atoms with E-state index in [0.717, 1.165) is 18.6 Å². The van der Waals surface area contributed by atoms with E-state index < -0.39 is 11.7 Å².